The van der Waals surface area contributed by atoms with E-state index >= 15 is 0 Å². The van der Waals surface area contributed by atoms with Crippen LogP contribution in [0.4, 0.5) is 0 Å². The van der Waals surface area contributed by atoms with E-state index in [1.165, 1.54) is 0 Å². The monoisotopic (exact) mass is 398 g/mol. The Hall–Kier alpha value is -1.39. The van der Waals surface area contributed by atoms with Crippen LogP contribution in [0.25, 0.3) is 0 Å². The maximum absolute atomic E-state index is 10.3. The number of hydrogen-bond acceptors (Lipinski definition) is 7. The number of ether oxygens (including phenoxy) is 1. The molecular weight excluding hydrogens is 380 g/mol. The first kappa shape index (κ1) is 19.4. The molecule has 2 aromatic rings. The first-order valence-corrected chi connectivity index (χ1v) is 8.82. The molecule has 26 heavy (non-hydrogen) atoms. The largest absolute Gasteiger partial charge is 0.394 e. The van der Waals surface area contributed by atoms with Gasteiger partial charge in [-0.25, -0.2) is 0 Å². The zero-order valence-corrected chi connectivity index (χ0v) is 15.2. The van der Waals surface area contributed by atoms with Gasteiger partial charge in [0.05, 0.1) is 12.3 Å². The van der Waals surface area contributed by atoms with Crippen LogP contribution < -0.4 is 0 Å². The number of aromatic amines is 1. The van der Waals surface area contributed by atoms with Crippen molar-refractivity contribution in [2.75, 3.05) is 6.61 Å². The lowest BCUT2D eigenvalue weighted by atomic mass is 9.90. The molecule has 0 saturated carbocycles. The number of halogens is 1. The highest BCUT2D eigenvalue weighted by atomic mass is 35.5. The number of nitrogens with zero attached hydrogens (tertiary/aromatic N) is 1. The summed E-state index contributed by atoms with van der Waals surface area (Å²) in [5.41, 5.74) is 2.05. The number of aliphatic hydroxyl groups is 4. The normalized spacial score (nSPS) is 28.9. The van der Waals surface area contributed by atoms with Gasteiger partial charge in [-0.05, 0) is 29.3 Å². The highest BCUT2D eigenvalue weighted by Crippen LogP contribution is 2.34. The highest BCUT2D eigenvalue weighted by molar-refractivity contribution is 7.71. The molecule has 1 aliphatic heterocycles. The van der Waals surface area contributed by atoms with Gasteiger partial charge in [-0.2, -0.15) is 5.10 Å². The van der Waals surface area contributed by atoms with E-state index < -0.39 is 37.1 Å². The molecule has 1 aliphatic rings. The third-order valence-electron chi connectivity index (χ3n) is 4.40. The summed E-state index contributed by atoms with van der Waals surface area (Å²) in [6.45, 7) is -0.477. The second-order valence-corrected chi connectivity index (χ2v) is 7.04. The average Bonchev–Trinajstić information content (AvgIpc) is 2.64. The summed E-state index contributed by atoms with van der Waals surface area (Å²) in [7, 11) is 0. The van der Waals surface area contributed by atoms with Crippen molar-refractivity contribution < 1.29 is 25.2 Å². The van der Waals surface area contributed by atoms with E-state index in [-0.39, 0.29) is 0 Å². The first-order valence-electron chi connectivity index (χ1n) is 8.04. The third-order valence-corrected chi connectivity index (χ3v) is 5.00. The molecule has 0 amide bonds. The van der Waals surface area contributed by atoms with Crippen LogP contribution in [0, 0.1) is 4.64 Å². The quantitative estimate of drug-likeness (QED) is 0.485. The van der Waals surface area contributed by atoms with Crippen LogP contribution >= 0.6 is 23.8 Å². The number of aliphatic hydroxyl groups excluding tert-OH is 4. The number of aromatic nitrogens is 2. The molecule has 1 aromatic heterocycles. The molecule has 1 fully saturated rings. The van der Waals surface area contributed by atoms with Crippen LogP contribution in [0.2, 0.25) is 5.02 Å². The topological polar surface area (TPSA) is 119 Å². The second kappa shape index (κ2) is 8.10. The average molecular weight is 399 g/mol. The third kappa shape index (κ3) is 3.96. The van der Waals surface area contributed by atoms with Gasteiger partial charge in [-0.3, -0.25) is 5.10 Å². The molecule has 140 valence electrons. The van der Waals surface area contributed by atoms with E-state index in [0.717, 1.165) is 11.3 Å². The molecule has 3 rings (SSSR count). The number of nitrogens with one attached hydrogen (secondary N) is 1. The first-order chi connectivity index (χ1) is 12.4. The standard InChI is InChI=1S/C17H19ClN2O5S/c18-11-3-1-8(5-9(11)6-10-2-4-13(26)20-19-10)17-16(24)15(23)14(22)12(7-21)25-17/h1-5,12,14-17,21-24H,6-7H2,(H,20,26). The number of benzene rings is 1. The fourth-order valence-corrected chi connectivity index (χ4v) is 3.25. The Kier molecular flexibility index (Phi) is 6.03. The predicted molar refractivity (Wildman–Crippen MR) is 96.4 cm³/mol. The molecule has 7 nitrogen and oxygen atoms in total. The SMILES string of the molecule is OCC1OC(c2ccc(Cl)c(Cc3ccc(=S)[nH]n3)c2)C(O)C(O)C1O. The van der Waals surface area contributed by atoms with Crippen molar-refractivity contribution in [1.82, 2.24) is 10.2 Å². The van der Waals surface area contributed by atoms with Crippen molar-refractivity contribution in [3.05, 3.63) is 56.8 Å². The van der Waals surface area contributed by atoms with Crippen LogP contribution in [0.3, 0.4) is 0 Å². The fourth-order valence-electron chi connectivity index (χ4n) is 2.95. The smallest absolute Gasteiger partial charge is 0.119 e. The van der Waals surface area contributed by atoms with Crippen molar-refractivity contribution in [2.24, 2.45) is 0 Å². The molecule has 1 saturated heterocycles. The molecule has 5 atom stereocenters. The molecule has 5 unspecified atom stereocenters. The Balaban J connectivity index is 1.88. The molecule has 1 aromatic carbocycles. The van der Waals surface area contributed by atoms with Gasteiger partial charge >= 0.3 is 0 Å². The van der Waals surface area contributed by atoms with Gasteiger partial charge in [-0.15, -0.1) is 0 Å². The van der Waals surface area contributed by atoms with Crippen LogP contribution in [-0.2, 0) is 11.2 Å². The summed E-state index contributed by atoms with van der Waals surface area (Å²) in [4.78, 5) is 0. The predicted octanol–water partition coefficient (Wildman–Crippen LogP) is 0.898. The molecule has 9 heteroatoms. The van der Waals surface area contributed by atoms with Crippen LogP contribution in [0.5, 0.6) is 0 Å². The maximum Gasteiger partial charge on any atom is 0.119 e. The Morgan fingerprint density at radius 1 is 1.12 bits per heavy atom. The van der Waals surface area contributed by atoms with Crippen molar-refractivity contribution in [2.45, 2.75) is 36.9 Å². The lowest BCUT2D eigenvalue weighted by molar-refractivity contribution is -0.231. The summed E-state index contributed by atoms with van der Waals surface area (Å²) in [6, 6.07) is 8.60. The Bertz CT molecular complexity index is 811. The van der Waals surface area contributed by atoms with Gasteiger partial charge in [0, 0.05) is 11.4 Å². The fraction of sp³-hybridized carbons (Fsp3) is 0.412. The highest BCUT2D eigenvalue weighted by Gasteiger charge is 2.43. The Morgan fingerprint density at radius 3 is 2.54 bits per heavy atom. The van der Waals surface area contributed by atoms with E-state index in [4.69, 9.17) is 28.6 Å². The molecule has 0 radical (unpaired) electrons. The molecule has 0 bridgehead atoms. The Morgan fingerprint density at radius 2 is 1.88 bits per heavy atom. The minimum atomic E-state index is -1.43. The van der Waals surface area contributed by atoms with Gasteiger partial charge in [0.2, 0.25) is 0 Å². The number of H-pyrrole nitrogens is 1. The summed E-state index contributed by atoms with van der Waals surface area (Å²) in [5, 5.41) is 46.9. The lowest BCUT2D eigenvalue weighted by Crippen LogP contribution is -2.55. The van der Waals surface area contributed by atoms with E-state index in [1.54, 1.807) is 30.3 Å². The minimum absolute atomic E-state index is 0.427. The van der Waals surface area contributed by atoms with Crippen molar-refractivity contribution in [3.8, 4) is 0 Å². The Labute approximate surface area is 159 Å². The zero-order chi connectivity index (χ0) is 18.8. The van der Waals surface area contributed by atoms with E-state index in [9.17, 15) is 20.4 Å². The van der Waals surface area contributed by atoms with E-state index in [0.29, 0.717) is 21.6 Å². The van der Waals surface area contributed by atoms with Gasteiger partial charge in [0.15, 0.2) is 0 Å². The minimum Gasteiger partial charge on any atom is -0.394 e. The maximum atomic E-state index is 10.3. The van der Waals surface area contributed by atoms with Crippen molar-refractivity contribution in [1.29, 1.82) is 0 Å². The summed E-state index contributed by atoms with van der Waals surface area (Å²) in [5.74, 6) is 0. The summed E-state index contributed by atoms with van der Waals surface area (Å²) in [6.07, 6.45) is -5.61. The van der Waals surface area contributed by atoms with Gasteiger partial charge in [0.1, 0.15) is 35.2 Å². The molecular formula is C17H19ClN2O5S. The summed E-state index contributed by atoms with van der Waals surface area (Å²) >= 11 is 11.2. The van der Waals surface area contributed by atoms with Crippen LogP contribution in [0.15, 0.2) is 30.3 Å². The molecule has 5 N–H and O–H groups in total. The van der Waals surface area contributed by atoms with E-state index in [1.807, 2.05) is 0 Å². The summed E-state index contributed by atoms with van der Waals surface area (Å²) < 4.78 is 6.11. The number of rotatable bonds is 4. The zero-order valence-electron chi connectivity index (χ0n) is 13.6. The van der Waals surface area contributed by atoms with Crippen LogP contribution in [0.1, 0.15) is 22.9 Å². The van der Waals surface area contributed by atoms with Crippen molar-refractivity contribution in [3.63, 3.8) is 0 Å². The van der Waals surface area contributed by atoms with Gasteiger partial charge < -0.3 is 25.2 Å². The molecule has 0 aliphatic carbocycles. The lowest BCUT2D eigenvalue weighted by Gasteiger charge is -2.40. The van der Waals surface area contributed by atoms with Crippen LogP contribution in [-0.4, -0.2) is 61.6 Å². The molecule has 2 heterocycles. The molecule has 0 spiro atoms. The van der Waals surface area contributed by atoms with Crippen molar-refractivity contribution >= 4 is 23.8 Å². The second-order valence-electron chi connectivity index (χ2n) is 6.19. The number of hydrogen-bond donors (Lipinski definition) is 5. The van der Waals surface area contributed by atoms with Gasteiger partial charge in [-0.1, -0.05) is 36.0 Å². The van der Waals surface area contributed by atoms with Gasteiger partial charge in [0.25, 0.3) is 0 Å². The van der Waals surface area contributed by atoms with E-state index in [2.05, 4.69) is 10.2 Å².